The Morgan fingerprint density at radius 1 is 0.714 bits per heavy atom. The zero-order valence-corrected chi connectivity index (χ0v) is 24.1. The molecule has 2 aromatic carbocycles. The lowest BCUT2D eigenvalue weighted by molar-refractivity contribution is -0.0287. The van der Waals surface area contributed by atoms with Crippen molar-refractivity contribution in [3.05, 3.63) is 59.7 Å². The first-order chi connectivity index (χ1) is 20.5. The minimum absolute atomic E-state index is 0.186. The van der Waals surface area contributed by atoms with Crippen LogP contribution in [0.15, 0.2) is 48.5 Å². The van der Waals surface area contributed by atoms with E-state index in [1.54, 1.807) is 36.4 Å². The van der Waals surface area contributed by atoms with Gasteiger partial charge >= 0.3 is 11.9 Å². The molecule has 42 heavy (non-hydrogen) atoms. The summed E-state index contributed by atoms with van der Waals surface area (Å²) in [5.74, 6) is 7.70. The van der Waals surface area contributed by atoms with Gasteiger partial charge < -0.3 is 28.4 Å². The molecule has 8 heteroatoms. The molecule has 0 radical (unpaired) electrons. The van der Waals surface area contributed by atoms with Crippen molar-refractivity contribution in [2.75, 3.05) is 26.4 Å². The lowest BCUT2D eigenvalue weighted by Gasteiger charge is -2.17. The minimum Gasteiger partial charge on any atom is -0.494 e. The zero-order valence-electron chi connectivity index (χ0n) is 24.1. The van der Waals surface area contributed by atoms with Gasteiger partial charge in [-0.15, -0.1) is 0 Å². The predicted octanol–water partition coefficient (Wildman–Crippen LogP) is 4.80. The van der Waals surface area contributed by atoms with Crippen LogP contribution in [-0.2, 0) is 18.9 Å². The molecule has 0 aromatic heterocycles. The van der Waals surface area contributed by atoms with Crippen LogP contribution in [-0.4, -0.2) is 62.8 Å². The first-order valence-electron chi connectivity index (χ1n) is 15.6. The molecule has 4 unspecified atom stereocenters. The first-order valence-corrected chi connectivity index (χ1v) is 15.6. The summed E-state index contributed by atoms with van der Waals surface area (Å²) in [6.07, 6.45) is 0.265. The molecule has 0 spiro atoms. The van der Waals surface area contributed by atoms with E-state index in [-0.39, 0.29) is 13.2 Å². The van der Waals surface area contributed by atoms with Crippen LogP contribution < -0.4 is 9.47 Å². The molecule has 4 aliphatic carbocycles. The highest BCUT2D eigenvalue weighted by molar-refractivity contribution is 5.90. The Labute approximate surface area is 245 Å². The monoisotopic (exact) mass is 574 g/mol. The molecule has 0 N–H and O–H groups in total. The van der Waals surface area contributed by atoms with Crippen molar-refractivity contribution in [2.24, 2.45) is 47.3 Å². The molecule has 8 rings (SSSR count). The summed E-state index contributed by atoms with van der Waals surface area (Å²) < 4.78 is 35.0. The second kappa shape index (κ2) is 10.3. The number of rotatable bonds is 12. The van der Waals surface area contributed by atoms with Gasteiger partial charge in [0, 0.05) is 0 Å². The summed E-state index contributed by atoms with van der Waals surface area (Å²) in [4.78, 5) is 25.6. The smallest absolute Gasteiger partial charge is 0.338 e. The van der Waals surface area contributed by atoms with E-state index < -0.39 is 36.4 Å². The standard InChI is InChI=1S/C34H38O8/c1-3-22-29-24(30(22)29)14-38-21-10-6-19(7-11-21)34(36)42-26-16-40-31-25(15-39-32(26)31)41-33(35)18-4-8-20(9-5-18)37-13-12-23-27-17(2)28(23)27/h4-11,17,22-32H,3,12-16H2,1-2H3/t17?,22?,23?,24?,25-,26+,27?,28?,29?,30?,31-,32-/m1/s1. The van der Waals surface area contributed by atoms with E-state index in [0.29, 0.717) is 23.7 Å². The highest BCUT2D eigenvalue weighted by atomic mass is 16.7. The summed E-state index contributed by atoms with van der Waals surface area (Å²) in [7, 11) is 0. The van der Waals surface area contributed by atoms with Gasteiger partial charge in [0.15, 0.2) is 12.2 Å². The number of fused-ring (bicyclic) bond motifs is 3. The molecule has 2 saturated heterocycles. The molecule has 4 saturated carbocycles. The fraction of sp³-hybridized carbons (Fsp3) is 0.588. The summed E-state index contributed by atoms with van der Waals surface area (Å²) in [6, 6.07) is 14.1. The molecule has 6 aliphatic rings. The van der Waals surface area contributed by atoms with Crippen LogP contribution >= 0.6 is 0 Å². The van der Waals surface area contributed by atoms with Crippen LogP contribution in [0.5, 0.6) is 11.5 Å². The Morgan fingerprint density at radius 3 is 1.74 bits per heavy atom. The van der Waals surface area contributed by atoms with Crippen LogP contribution in [0.1, 0.15) is 47.4 Å². The Bertz CT molecular complexity index is 1320. The van der Waals surface area contributed by atoms with Gasteiger partial charge in [0.05, 0.1) is 37.6 Å². The van der Waals surface area contributed by atoms with E-state index in [0.717, 1.165) is 66.0 Å². The topological polar surface area (TPSA) is 89.5 Å². The number of ether oxygens (including phenoxy) is 6. The van der Waals surface area contributed by atoms with Crippen molar-refractivity contribution >= 4 is 11.9 Å². The number of benzene rings is 2. The molecule has 222 valence electrons. The van der Waals surface area contributed by atoms with Gasteiger partial charge in [0.25, 0.3) is 0 Å². The Balaban J connectivity index is 0.777. The lowest BCUT2D eigenvalue weighted by atomic mass is 10.0. The highest BCUT2D eigenvalue weighted by Crippen LogP contribution is 2.74. The van der Waals surface area contributed by atoms with Crippen molar-refractivity contribution in [1.29, 1.82) is 0 Å². The Morgan fingerprint density at radius 2 is 1.24 bits per heavy atom. The summed E-state index contributed by atoms with van der Waals surface area (Å²) >= 11 is 0. The molecule has 0 bridgehead atoms. The van der Waals surface area contributed by atoms with Gasteiger partial charge in [-0.2, -0.15) is 0 Å². The molecule has 8 atom stereocenters. The van der Waals surface area contributed by atoms with Gasteiger partial charge in [0.1, 0.15) is 23.7 Å². The zero-order chi connectivity index (χ0) is 28.5. The van der Waals surface area contributed by atoms with Crippen LogP contribution in [0.3, 0.4) is 0 Å². The normalized spacial score (nSPS) is 39.4. The number of carbonyl (C=O) groups excluding carboxylic acids is 2. The van der Waals surface area contributed by atoms with Crippen LogP contribution in [0.2, 0.25) is 0 Å². The number of carbonyl (C=O) groups is 2. The molecule has 2 aliphatic heterocycles. The summed E-state index contributed by atoms with van der Waals surface area (Å²) in [5.41, 5.74) is 0.883. The summed E-state index contributed by atoms with van der Waals surface area (Å²) in [5, 5.41) is 0. The van der Waals surface area contributed by atoms with E-state index in [1.165, 1.54) is 6.42 Å². The maximum atomic E-state index is 12.8. The Hall–Kier alpha value is -3.10. The third-order valence-electron chi connectivity index (χ3n) is 10.8. The average molecular weight is 575 g/mol. The van der Waals surface area contributed by atoms with Crippen molar-refractivity contribution in [2.45, 2.75) is 51.1 Å². The SMILES string of the molecule is CCC1C2C(COc3ccc(C(=O)O[C@H]4CO[C@H]5[C@@H]4OC[C@H]5OC(=O)c4ccc(OCCC5C6C(C)C56)cc4)cc3)C12. The Kier molecular flexibility index (Phi) is 6.48. The maximum Gasteiger partial charge on any atom is 0.338 e. The fourth-order valence-electron chi connectivity index (χ4n) is 8.01. The molecular formula is C34H38O8. The van der Waals surface area contributed by atoms with Crippen molar-refractivity contribution in [3.8, 4) is 11.5 Å². The highest BCUT2D eigenvalue weighted by Gasteiger charge is 2.72. The number of esters is 2. The largest absolute Gasteiger partial charge is 0.494 e. The second-order valence-corrected chi connectivity index (χ2v) is 13.0. The van der Waals surface area contributed by atoms with Crippen molar-refractivity contribution < 1.29 is 38.0 Å². The van der Waals surface area contributed by atoms with Gasteiger partial charge in [-0.1, -0.05) is 20.3 Å². The first kappa shape index (κ1) is 26.5. The van der Waals surface area contributed by atoms with Gasteiger partial charge in [-0.25, -0.2) is 9.59 Å². The molecule has 2 aromatic rings. The molecule has 2 heterocycles. The average Bonchev–Trinajstić information content (AvgIpc) is 3.96. The number of hydrogen-bond donors (Lipinski definition) is 0. The fourth-order valence-corrected chi connectivity index (χ4v) is 8.01. The third kappa shape index (κ3) is 4.77. The molecular weight excluding hydrogens is 536 g/mol. The molecule has 0 amide bonds. The van der Waals surface area contributed by atoms with Gasteiger partial charge in [-0.3, -0.25) is 0 Å². The number of hydrogen-bond acceptors (Lipinski definition) is 8. The van der Waals surface area contributed by atoms with Crippen LogP contribution in [0, 0.1) is 47.3 Å². The van der Waals surface area contributed by atoms with E-state index >= 15 is 0 Å². The van der Waals surface area contributed by atoms with E-state index in [1.807, 2.05) is 12.1 Å². The maximum absolute atomic E-state index is 12.8. The van der Waals surface area contributed by atoms with E-state index in [2.05, 4.69) is 13.8 Å². The third-order valence-corrected chi connectivity index (χ3v) is 10.8. The molecule has 8 nitrogen and oxygen atoms in total. The van der Waals surface area contributed by atoms with Crippen LogP contribution in [0.25, 0.3) is 0 Å². The van der Waals surface area contributed by atoms with Crippen molar-refractivity contribution in [3.63, 3.8) is 0 Å². The minimum atomic E-state index is -0.573. The predicted molar refractivity (Wildman–Crippen MR) is 150 cm³/mol. The quantitative estimate of drug-likeness (QED) is 0.334. The van der Waals surface area contributed by atoms with Gasteiger partial charge in [0.2, 0.25) is 0 Å². The lowest BCUT2D eigenvalue weighted by Crippen LogP contribution is -2.36. The van der Waals surface area contributed by atoms with E-state index in [9.17, 15) is 9.59 Å². The van der Waals surface area contributed by atoms with Crippen LogP contribution in [0.4, 0.5) is 0 Å². The summed E-state index contributed by atoms with van der Waals surface area (Å²) in [6.45, 7) is 6.41. The second-order valence-electron chi connectivity index (χ2n) is 13.0. The molecule has 6 fully saturated rings. The van der Waals surface area contributed by atoms with Gasteiger partial charge in [-0.05, 0) is 102 Å². The van der Waals surface area contributed by atoms with Crippen molar-refractivity contribution in [1.82, 2.24) is 0 Å². The van der Waals surface area contributed by atoms with E-state index in [4.69, 9.17) is 28.4 Å².